The van der Waals surface area contributed by atoms with Crippen LogP contribution in [-0.2, 0) is 0 Å². The molecule has 0 fully saturated rings. The van der Waals surface area contributed by atoms with Gasteiger partial charge in [0.1, 0.15) is 11.9 Å². The molecular weight excluding hydrogens is 253 g/mol. The first kappa shape index (κ1) is 13.9. The number of carboxylic acid groups (broad SMARTS) is 1. The normalized spacial score (nSPS) is 14.4. The molecule has 0 aliphatic carbocycles. The lowest BCUT2D eigenvalue weighted by molar-refractivity contribution is 0.0222. The molecule has 1 aromatic rings. The van der Waals surface area contributed by atoms with Crippen LogP contribution in [-0.4, -0.2) is 33.9 Å². The standard InChI is InChI=1S/C10H11ClFNO4/c11-6-1-5(9(15)8(14)3-13)7(12)2-4(6)10(16)17/h1-2,8-9,14-15H,3,13H2,(H,16,17). The maximum Gasteiger partial charge on any atom is 0.337 e. The lowest BCUT2D eigenvalue weighted by Crippen LogP contribution is -2.27. The number of aliphatic hydroxyl groups excluding tert-OH is 2. The van der Waals surface area contributed by atoms with Crippen LogP contribution in [0.2, 0.25) is 5.02 Å². The zero-order valence-corrected chi connectivity index (χ0v) is 9.36. The fraction of sp³-hybridized carbons (Fsp3) is 0.300. The average molecular weight is 264 g/mol. The number of hydrogen-bond donors (Lipinski definition) is 4. The van der Waals surface area contributed by atoms with Crippen LogP contribution in [0.3, 0.4) is 0 Å². The molecule has 0 heterocycles. The highest BCUT2D eigenvalue weighted by atomic mass is 35.5. The highest BCUT2D eigenvalue weighted by Crippen LogP contribution is 2.26. The summed E-state index contributed by atoms with van der Waals surface area (Å²) in [4.78, 5) is 10.7. The van der Waals surface area contributed by atoms with Gasteiger partial charge >= 0.3 is 5.97 Å². The van der Waals surface area contributed by atoms with Crippen molar-refractivity contribution in [3.05, 3.63) is 34.1 Å². The minimum Gasteiger partial charge on any atom is -0.478 e. The van der Waals surface area contributed by atoms with E-state index in [1.807, 2.05) is 0 Å². The third kappa shape index (κ3) is 2.92. The minimum absolute atomic E-state index is 0.225. The second-order valence-electron chi connectivity index (χ2n) is 3.41. The Kier molecular flexibility index (Phi) is 4.41. The van der Waals surface area contributed by atoms with Crippen molar-refractivity contribution < 1.29 is 24.5 Å². The van der Waals surface area contributed by atoms with E-state index >= 15 is 0 Å². The molecule has 7 heteroatoms. The molecule has 1 rings (SSSR count). The molecule has 5 nitrogen and oxygen atoms in total. The molecule has 0 saturated carbocycles. The van der Waals surface area contributed by atoms with Gasteiger partial charge in [0.05, 0.1) is 16.7 Å². The van der Waals surface area contributed by atoms with Crippen LogP contribution in [0.25, 0.3) is 0 Å². The molecule has 0 bridgehead atoms. The summed E-state index contributed by atoms with van der Waals surface area (Å²) in [5, 5.41) is 27.3. The van der Waals surface area contributed by atoms with Gasteiger partial charge in [0, 0.05) is 12.1 Å². The van der Waals surface area contributed by atoms with Crippen LogP contribution in [0.1, 0.15) is 22.0 Å². The summed E-state index contributed by atoms with van der Waals surface area (Å²) in [5.74, 6) is -2.35. The van der Waals surface area contributed by atoms with Crippen molar-refractivity contribution in [3.8, 4) is 0 Å². The molecule has 94 valence electrons. The number of aromatic carboxylic acids is 1. The molecule has 1 aromatic carbocycles. The second kappa shape index (κ2) is 5.42. The minimum atomic E-state index is -1.56. The number of rotatable bonds is 4. The monoisotopic (exact) mass is 263 g/mol. The Morgan fingerprint density at radius 3 is 2.53 bits per heavy atom. The van der Waals surface area contributed by atoms with Crippen molar-refractivity contribution in [2.24, 2.45) is 5.73 Å². The van der Waals surface area contributed by atoms with Crippen LogP contribution in [0, 0.1) is 5.82 Å². The average Bonchev–Trinajstić information content (AvgIpc) is 2.29. The molecule has 0 aliphatic rings. The van der Waals surface area contributed by atoms with Gasteiger partial charge in [0.25, 0.3) is 0 Å². The lowest BCUT2D eigenvalue weighted by atomic mass is 10.0. The number of hydrogen-bond acceptors (Lipinski definition) is 4. The summed E-state index contributed by atoms with van der Waals surface area (Å²) in [6, 6.07) is 1.65. The quantitative estimate of drug-likeness (QED) is 0.634. The van der Waals surface area contributed by atoms with Crippen LogP contribution in [0.5, 0.6) is 0 Å². The summed E-state index contributed by atoms with van der Waals surface area (Å²) >= 11 is 5.62. The van der Waals surface area contributed by atoms with Crippen molar-refractivity contribution in [2.75, 3.05) is 6.54 Å². The van der Waals surface area contributed by atoms with Gasteiger partial charge in [-0.15, -0.1) is 0 Å². The van der Waals surface area contributed by atoms with Gasteiger partial charge in [-0.1, -0.05) is 11.6 Å². The van der Waals surface area contributed by atoms with Crippen molar-refractivity contribution in [1.82, 2.24) is 0 Å². The van der Waals surface area contributed by atoms with Crippen molar-refractivity contribution in [3.63, 3.8) is 0 Å². The second-order valence-corrected chi connectivity index (χ2v) is 3.81. The number of carbonyl (C=O) groups is 1. The number of benzene rings is 1. The van der Waals surface area contributed by atoms with Crippen LogP contribution < -0.4 is 5.73 Å². The first-order valence-corrected chi connectivity index (χ1v) is 5.04. The van der Waals surface area contributed by atoms with Gasteiger partial charge in [0.2, 0.25) is 0 Å². The summed E-state index contributed by atoms with van der Waals surface area (Å²) in [6.45, 7) is -0.265. The molecular formula is C10H11ClFNO4. The summed E-state index contributed by atoms with van der Waals surface area (Å²) < 4.78 is 13.5. The summed E-state index contributed by atoms with van der Waals surface area (Å²) in [7, 11) is 0. The van der Waals surface area contributed by atoms with Crippen LogP contribution >= 0.6 is 11.6 Å². The highest BCUT2D eigenvalue weighted by molar-refractivity contribution is 6.33. The fourth-order valence-corrected chi connectivity index (χ4v) is 1.54. The molecule has 0 spiro atoms. The van der Waals surface area contributed by atoms with E-state index in [1.165, 1.54) is 0 Å². The van der Waals surface area contributed by atoms with Gasteiger partial charge < -0.3 is 21.1 Å². The smallest absolute Gasteiger partial charge is 0.337 e. The predicted molar refractivity (Wildman–Crippen MR) is 58.4 cm³/mol. The Hall–Kier alpha value is -1.21. The van der Waals surface area contributed by atoms with Gasteiger partial charge in [-0.3, -0.25) is 0 Å². The fourth-order valence-electron chi connectivity index (χ4n) is 1.29. The Bertz CT molecular complexity index is 441. The largest absolute Gasteiger partial charge is 0.478 e. The van der Waals surface area contributed by atoms with E-state index in [0.29, 0.717) is 6.07 Å². The number of carboxylic acids is 1. The van der Waals surface area contributed by atoms with Gasteiger partial charge in [-0.25, -0.2) is 9.18 Å². The molecule has 5 N–H and O–H groups in total. The first-order valence-electron chi connectivity index (χ1n) is 4.67. The molecule has 0 amide bonds. The molecule has 17 heavy (non-hydrogen) atoms. The van der Waals surface area contributed by atoms with E-state index in [0.717, 1.165) is 6.07 Å². The van der Waals surface area contributed by atoms with Gasteiger partial charge in [0.15, 0.2) is 0 Å². The van der Waals surface area contributed by atoms with E-state index in [4.69, 9.17) is 22.4 Å². The Balaban J connectivity index is 3.20. The maximum atomic E-state index is 13.5. The summed E-state index contributed by atoms with van der Waals surface area (Å²) in [5.41, 5.74) is 4.41. The topological polar surface area (TPSA) is 104 Å². The van der Waals surface area contributed by atoms with Crippen LogP contribution in [0.4, 0.5) is 4.39 Å². The molecule has 0 radical (unpaired) electrons. The third-order valence-electron chi connectivity index (χ3n) is 2.24. The SMILES string of the molecule is NCC(O)C(O)c1cc(Cl)c(C(=O)O)cc1F. The Morgan fingerprint density at radius 1 is 1.47 bits per heavy atom. The third-order valence-corrected chi connectivity index (χ3v) is 2.55. The Morgan fingerprint density at radius 2 is 2.06 bits per heavy atom. The zero-order valence-electron chi connectivity index (χ0n) is 8.60. The van der Waals surface area contributed by atoms with Gasteiger partial charge in [-0.05, 0) is 12.1 Å². The number of nitrogens with two attached hydrogens (primary N) is 1. The summed E-state index contributed by atoms with van der Waals surface area (Å²) in [6.07, 6.45) is -2.91. The van der Waals surface area contributed by atoms with E-state index in [-0.39, 0.29) is 17.1 Å². The van der Waals surface area contributed by atoms with Crippen molar-refractivity contribution >= 4 is 17.6 Å². The predicted octanol–water partition coefficient (Wildman–Crippen LogP) is 0.530. The zero-order chi connectivity index (χ0) is 13.2. The molecule has 0 aliphatic heterocycles. The van der Waals surface area contributed by atoms with E-state index in [9.17, 15) is 19.4 Å². The molecule has 0 aromatic heterocycles. The van der Waals surface area contributed by atoms with E-state index in [1.54, 1.807) is 0 Å². The Labute approximate surface area is 101 Å². The highest BCUT2D eigenvalue weighted by Gasteiger charge is 2.23. The number of aliphatic hydroxyl groups is 2. The van der Waals surface area contributed by atoms with Gasteiger partial charge in [-0.2, -0.15) is 0 Å². The van der Waals surface area contributed by atoms with Crippen molar-refractivity contribution in [1.29, 1.82) is 0 Å². The number of halogens is 2. The van der Waals surface area contributed by atoms with Crippen molar-refractivity contribution in [2.45, 2.75) is 12.2 Å². The van der Waals surface area contributed by atoms with Crippen LogP contribution in [0.15, 0.2) is 12.1 Å². The lowest BCUT2D eigenvalue weighted by Gasteiger charge is -2.17. The first-order chi connectivity index (χ1) is 7.88. The maximum absolute atomic E-state index is 13.5. The molecule has 0 saturated heterocycles. The van der Waals surface area contributed by atoms with E-state index < -0.39 is 29.6 Å². The molecule has 2 atom stereocenters. The van der Waals surface area contributed by atoms with E-state index in [2.05, 4.69) is 0 Å². The molecule has 2 unspecified atom stereocenters.